The van der Waals surface area contributed by atoms with Crippen molar-refractivity contribution in [2.24, 2.45) is 10.1 Å². The summed E-state index contributed by atoms with van der Waals surface area (Å²) >= 11 is 0. The maximum Gasteiger partial charge on any atom is 0.304 e. The number of hydrogen-bond acceptors (Lipinski definition) is 6. The lowest BCUT2D eigenvalue weighted by molar-refractivity contribution is -0.137. The fraction of sp³-hybridized carbons (Fsp3) is 0.222. The summed E-state index contributed by atoms with van der Waals surface area (Å²) < 4.78 is 11.8. The average molecular weight is 459 g/mol. The number of aliphatic carboxylic acids is 1. The largest absolute Gasteiger partial charge is 0.489 e. The van der Waals surface area contributed by atoms with Crippen LogP contribution in [0, 0.1) is 0 Å². The fourth-order valence-electron chi connectivity index (χ4n) is 3.57. The predicted molar refractivity (Wildman–Crippen MR) is 130 cm³/mol. The molecule has 1 N–H and O–H groups in total. The predicted octanol–water partition coefficient (Wildman–Crippen LogP) is 4.71. The Morgan fingerprint density at radius 3 is 2.24 bits per heavy atom. The fourth-order valence-corrected chi connectivity index (χ4v) is 3.57. The summed E-state index contributed by atoms with van der Waals surface area (Å²) in [5.41, 5.74) is 4.54. The second-order valence-electron chi connectivity index (χ2n) is 7.83. The van der Waals surface area contributed by atoms with Gasteiger partial charge in [0.15, 0.2) is 0 Å². The van der Waals surface area contributed by atoms with E-state index in [9.17, 15) is 4.79 Å². The Labute approximate surface area is 198 Å². The molecular formula is C27H26N2O5. The number of carboxylic acid groups (broad SMARTS) is 1. The van der Waals surface area contributed by atoms with E-state index >= 15 is 0 Å². The van der Waals surface area contributed by atoms with E-state index in [1.807, 2.05) is 78.9 Å². The van der Waals surface area contributed by atoms with Gasteiger partial charge in [-0.25, -0.2) is 0 Å². The van der Waals surface area contributed by atoms with Gasteiger partial charge in [-0.05, 0) is 35.4 Å². The van der Waals surface area contributed by atoms with Gasteiger partial charge in [0.2, 0.25) is 0 Å². The van der Waals surface area contributed by atoms with Crippen molar-refractivity contribution < 1.29 is 24.2 Å². The first-order valence-corrected chi connectivity index (χ1v) is 11.0. The topological polar surface area (TPSA) is 89.7 Å². The molecule has 3 aromatic rings. The van der Waals surface area contributed by atoms with E-state index in [2.05, 4.69) is 10.1 Å². The minimum Gasteiger partial charge on any atom is -0.489 e. The van der Waals surface area contributed by atoms with Gasteiger partial charge < -0.3 is 19.4 Å². The molecule has 0 spiro atoms. The van der Waals surface area contributed by atoms with E-state index in [-0.39, 0.29) is 18.9 Å². The highest BCUT2D eigenvalue weighted by Crippen LogP contribution is 2.28. The van der Waals surface area contributed by atoms with Gasteiger partial charge in [0.25, 0.3) is 0 Å². The van der Waals surface area contributed by atoms with E-state index in [0.717, 1.165) is 33.9 Å². The van der Waals surface area contributed by atoms with Gasteiger partial charge in [0.05, 0.1) is 13.0 Å². The molecule has 0 fully saturated rings. The van der Waals surface area contributed by atoms with Crippen LogP contribution in [0.2, 0.25) is 0 Å². The maximum absolute atomic E-state index is 11.1. The molecule has 7 heteroatoms. The molecule has 174 valence electrons. The van der Waals surface area contributed by atoms with Crippen LogP contribution in [-0.4, -0.2) is 42.8 Å². The van der Waals surface area contributed by atoms with Gasteiger partial charge in [-0.3, -0.25) is 9.79 Å². The Hall–Kier alpha value is -4.13. The zero-order valence-corrected chi connectivity index (χ0v) is 18.9. The molecule has 4 rings (SSSR count). The molecule has 3 aromatic carbocycles. The molecule has 1 aliphatic rings. The molecular weight excluding hydrogens is 432 g/mol. The molecule has 0 aromatic heterocycles. The number of carbonyl (C=O) groups is 1. The summed E-state index contributed by atoms with van der Waals surface area (Å²) in [5.74, 6) is 0.463. The van der Waals surface area contributed by atoms with Gasteiger partial charge in [-0.15, -0.1) is 0 Å². The molecule has 0 bridgehead atoms. The van der Waals surface area contributed by atoms with Gasteiger partial charge in [-0.2, -0.15) is 0 Å². The van der Waals surface area contributed by atoms with E-state index in [4.69, 9.17) is 19.4 Å². The van der Waals surface area contributed by atoms with Crippen molar-refractivity contribution in [2.75, 3.05) is 20.3 Å². The molecule has 1 heterocycles. The first-order valence-electron chi connectivity index (χ1n) is 11.0. The number of aliphatic imine (C=N–C) groups is 1. The van der Waals surface area contributed by atoms with Crippen LogP contribution in [0.5, 0.6) is 11.5 Å². The van der Waals surface area contributed by atoms with Gasteiger partial charge in [0.1, 0.15) is 37.5 Å². The lowest BCUT2D eigenvalue weighted by atomic mass is 9.93. The Morgan fingerprint density at radius 2 is 1.62 bits per heavy atom. The van der Waals surface area contributed by atoms with Crippen molar-refractivity contribution in [3.63, 3.8) is 0 Å². The number of carboxylic acids is 1. The van der Waals surface area contributed by atoms with Crippen LogP contribution in [0.4, 0.5) is 0 Å². The summed E-state index contributed by atoms with van der Waals surface area (Å²) in [6.45, 7) is 1.35. The summed E-state index contributed by atoms with van der Waals surface area (Å²) in [6.07, 6.45) is 0.0532. The van der Waals surface area contributed by atoms with Crippen molar-refractivity contribution in [2.45, 2.75) is 18.9 Å². The number of benzene rings is 3. The van der Waals surface area contributed by atoms with Crippen LogP contribution in [0.1, 0.15) is 29.0 Å². The van der Waals surface area contributed by atoms with E-state index in [1.165, 1.54) is 7.11 Å². The van der Waals surface area contributed by atoms with Crippen LogP contribution < -0.4 is 9.47 Å². The smallest absolute Gasteiger partial charge is 0.304 e. The summed E-state index contributed by atoms with van der Waals surface area (Å²) in [6, 6.07) is 25.0. The highest BCUT2D eigenvalue weighted by atomic mass is 16.6. The maximum atomic E-state index is 11.1. The second-order valence-corrected chi connectivity index (χ2v) is 7.83. The zero-order chi connectivity index (χ0) is 23.8. The molecule has 1 aliphatic heterocycles. The highest BCUT2D eigenvalue weighted by molar-refractivity contribution is 6.03. The molecule has 0 aliphatic carbocycles. The molecule has 0 saturated heterocycles. The molecule has 0 amide bonds. The number of oxime groups is 1. The molecule has 34 heavy (non-hydrogen) atoms. The summed E-state index contributed by atoms with van der Waals surface area (Å²) in [4.78, 5) is 20.3. The van der Waals surface area contributed by atoms with Crippen LogP contribution in [0.3, 0.4) is 0 Å². The van der Waals surface area contributed by atoms with Gasteiger partial charge >= 0.3 is 5.97 Å². The quantitative estimate of drug-likeness (QED) is 0.314. The highest BCUT2D eigenvalue weighted by Gasteiger charge is 2.26. The van der Waals surface area contributed by atoms with Crippen LogP contribution >= 0.6 is 0 Å². The average Bonchev–Trinajstić information content (AvgIpc) is 3.71. The monoisotopic (exact) mass is 458 g/mol. The van der Waals surface area contributed by atoms with Crippen molar-refractivity contribution in [3.05, 3.63) is 95.6 Å². The number of rotatable bonds is 12. The second kappa shape index (κ2) is 11.1. The Kier molecular flexibility index (Phi) is 7.55. The standard InChI is InChI=1S/C27H26N2O5/c1-32-29-26(21-5-3-2-4-6-21)18-34-22-11-7-19(8-12-22)17-33-23-13-9-20(10-14-23)24(15-27(30)31)25-16-28-25/h2-14,24H,15-18H2,1H3,(H,30,31)/b29-26+. The lowest BCUT2D eigenvalue weighted by Gasteiger charge is -2.12. The minimum absolute atomic E-state index is 0.0532. The Morgan fingerprint density at radius 1 is 0.971 bits per heavy atom. The number of ether oxygens (including phenoxy) is 2. The minimum atomic E-state index is -0.824. The van der Waals surface area contributed by atoms with Crippen LogP contribution in [-0.2, 0) is 16.2 Å². The summed E-state index contributed by atoms with van der Waals surface area (Å²) in [7, 11) is 1.52. The zero-order valence-electron chi connectivity index (χ0n) is 18.9. The van der Waals surface area contributed by atoms with Crippen molar-refractivity contribution >= 4 is 17.4 Å². The SMILES string of the molecule is CO/N=C(\COc1ccc(COc2ccc(C(CC(=O)O)C3=NC3)cc2)cc1)c1ccccc1. The van der Waals surface area contributed by atoms with Crippen molar-refractivity contribution in [1.29, 1.82) is 0 Å². The Bertz CT molecular complexity index is 1160. The summed E-state index contributed by atoms with van der Waals surface area (Å²) in [5, 5.41) is 13.2. The molecule has 1 atom stereocenters. The molecule has 7 nitrogen and oxygen atoms in total. The first-order chi connectivity index (χ1) is 16.6. The molecule has 1 unspecified atom stereocenters. The lowest BCUT2D eigenvalue weighted by Crippen LogP contribution is -2.13. The van der Waals surface area contributed by atoms with Crippen molar-refractivity contribution in [3.8, 4) is 11.5 Å². The Balaban J connectivity index is 1.29. The molecule has 0 saturated carbocycles. The normalized spacial score (nSPS) is 13.6. The van der Waals surface area contributed by atoms with E-state index < -0.39 is 5.97 Å². The third-order valence-electron chi connectivity index (χ3n) is 5.42. The van der Waals surface area contributed by atoms with E-state index in [1.54, 1.807) is 0 Å². The van der Waals surface area contributed by atoms with Gasteiger partial charge in [0, 0.05) is 17.2 Å². The van der Waals surface area contributed by atoms with Crippen molar-refractivity contribution in [1.82, 2.24) is 0 Å². The van der Waals surface area contributed by atoms with Gasteiger partial charge in [-0.1, -0.05) is 59.8 Å². The van der Waals surface area contributed by atoms with E-state index in [0.29, 0.717) is 18.9 Å². The number of nitrogens with zero attached hydrogens (tertiary/aromatic N) is 2. The third kappa shape index (κ3) is 6.45. The van der Waals surface area contributed by atoms with Crippen LogP contribution in [0.25, 0.3) is 0 Å². The third-order valence-corrected chi connectivity index (χ3v) is 5.42. The number of hydrogen-bond donors (Lipinski definition) is 1. The van der Waals surface area contributed by atoms with Crippen LogP contribution in [0.15, 0.2) is 89.0 Å². The first kappa shape index (κ1) is 23.0. The molecule has 0 radical (unpaired) electrons.